The minimum atomic E-state index is -1.26. The number of carboxylic acids is 1. The number of carbonyl (C=O) groups excluding carboxylic acids is 1. The minimum absolute atomic E-state index is 0.0335. The molecule has 0 aromatic carbocycles. The van der Waals surface area contributed by atoms with Gasteiger partial charge in [-0.05, 0) is 36.5 Å². The maximum Gasteiger partial charge on any atom is 0.329 e. The average Bonchev–Trinajstić information content (AvgIpc) is 2.42. The predicted molar refractivity (Wildman–Crippen MR) is 76.1 cm³/mol. The van der Waals surface area contributed by atoms with Gasteiger partial charge >= 0.3 is 5.97 Å². The minimum Gasteiger partial charge on any atom is -0.480 e. The Morgan fingerprint density at radius 2 is 2.05 bits per heavy atom. The summed E-state index contributed by atoms with van der Waals surface area (Å²) in [5.41, 5.74) is -1.73. The highest BCUT2D eigenvalue weighted by atomic mass is 32.2. The van der Waals surface area contributed by atoms with Gasteiger partial charge in [0.1, 0.15) is 11.1 Å². The molecule has 0 bridgehead atoms. The molecule has 0 atom stereocenters. The molecule has 1 aromatic rings. The van der Waals surface area contributed by atoms with E-state index in [1.54, 1.807) is 31.1 Å². The van der Waals surface area contributed by atoms with Gasteiger partial charge in [-0.3, -0.25) is 9.59 Å². The van der Waals surface area contributed by atoms with Gasteiger partial charge in [0.15, 0.2) is 0 Å². The standard InChI is InChI=1S/C13H16N2O4S/c1-15-6-2-3-9(11(15)17)10(16)14-13(12(18)19)4-7-20-8-5-13/h2-3,6H,4-5,7-8H2,1H3,(H,14,16)(H,18,19). The van der Waals surface area contributed by atoms with Crippen molar-refractivity contribution >= 4 is 23.6 Å². The lowest BCUT2D eigenvalue weighted by Crippen LogP contribution is -2.57. The van der Waals surface area contributed by atoms with Crippen molar-refractivity contribution in [2.75, 3.05) is 11.5 Å². The summed E-state index contributed by atoms with van der Waals surface area (Å²) < 4.78 is 1.29. The van der Waals surface area contributed by atoms with E-state index in [0.717, 1.165) is 0 Å². The van der Waals surface area contributed by atoms with E-state index in [2.05, 4.69) is 5.32 Å². The van der Waals surface area contributed by atoms with Crippen LogP contribution in [0.5, 0.6) is 0 Å². The molecular formula is C13H16N2O4S. The van der Waals surface area contributed by atoms with E-state index in [0.29, 0.717) is 24.3 Å². The number of pyridine rings is 1. The number of carboxylic acid groups (broad SMARTS) is 1. The number of rotatable bonds is 3. The van der Waals surface area contributed by atoms with Gasteiger partial charge in [0.05, 0.1) is 0 Å². The highest BCUT2D eigenvalue weighted by Gasteiger charge is 2.41. The van der Waals surface area contributed by atoms with Crippen LogP contribution in [0.15, 0.2) is 23.1 Å². The summed E-state index contributed by atoms with van der Waals surface area (Å²) in [5.74, 6) is -0.307. The Balaban J connectivity index is 2.27. The first-order valence-electron chi connectivity index (χ1n) is 6.25. The molecule has 0 unspecified atom stereocenters. The number of hydrogen-bond acceptors (Lipinski definition) is 4. The maximum atomic E-state index is 12.2. The fourth-order valence-electron chi connectivity index (χ4n) is 2.17. The zero-order valence-electron chi connectivity index (χ0n) is 11.1. The third kappa shape index (κ3) is 2.72. The van der Waals surface area contributed by atoms with Crippen LogP contribution < -0.4 is 10.9 Å². The number of amides is 1. The topological polar surface area (TPSA) is 88.4 Å². The molecule has 1 fully saturated rings. The first kappa shape index (κ1) is 14.6. The molecule has 108 valence electrons. The van der Waals surface area contributed by atoms with Gasteiger partial charge < -0.3 is 15.0 Å². The highest BCUT2D eigenvalue weighted by molar-refractivity contribution is 7.99. The van der Waals surface area contributed by atoms with Crippen LogP contribution in [-0.4, -0.2) is 38.6 Å². The fraction of sp³-hybridized carbons (Fsp3) is 0.462. The van der Waals surface area contributed by atoms with Gasteiger partial charge in [0, 0.05) is 13.2 Å². The molecule has 1 aliphatic rings. The first-order chi connectivity index (χ1) is 9.46. The van der Waals surface area contributed by atoms with Gasteiger partial charge in [0.2, 0.25) is 0 Å². The molecule has 0 aliphatic carbocycles. The number of hydrogen-bond donors (Lipinski definition) is 2. The Bertz CT molecular complexity index is 590. The van der Waals surface area contributed by atoms with Crippen molar-refractivity contribution in [1.29, 1.82) is 0 Å². The molecule has 2 heterocycles. The number of thioether (sulfide) groups is 1. The second-order valence-electron chi connectivity index (χ2n) is 4.79. The van der Waals surface area contributed by atoms with Gasteiger partial charge in [-0.15, -0.1) is 0 Å². The van der Waals surface area contributed by atoms with Crippen LogP contribution in [-0.2, 0) is 11.8 Å². The monoisotopic (exact) mass is 296 g/mol. The lowest BCUT2D eigenvalue weighted by Gasteiger charge is -2.33. The maximum absolute atomic E-state index is 12.2. The van der Waals surface area contributed by atoms with Crippen LogP contribution in [0, 0.1) is 0 Å². The summed E-state index contributed by atoms with van der Waals surface area (Å²) in [6.07, 6.45) is 2.28. The van der Waals surface area contributed by atoms with Crippen molar-refractivity contribution in [3.63, 3.8) is 0 Å². The van der Waals surface area contributed by atoms with Crippen molar-refractivity contribution < 1.29 is 14.7 Å². The Morgan fingerprint density at radius 1 is 1.40 bits per heavy atom. The number of carbonyl (C=O) groups is 2. The molecule has 1 amide bonds. The quantitative estimate of drug-likeness (QED) is 0.846. The number of aliphatic carboxylic acids is 1. The van der Waals surface area contributed by atoms with E-state index in [-0.39, 0.29) is 5.56 Å². The molecule has 2 N–H and O–H groups in total. The summed E-state index contributed by atoms with van der Waals surface area (Å²) in [6.45, 7) is 0. The van der Waals surface area contributed by atoms with Crippen LogP contribution in [0.25, 0.3) is 0 Å². The smallest absolute Gasteiger partial charge is 0.329 e. The van der Waals surface area contributed by atoms with E-state index in [4.69, 9.17) is 0 Å². The molecule has 0 saturated carbocycles. The summed E-state index contributed by atoms with van der Waals surface area (Å²) in [6, 6.07) is 2.99. The number of aromatic nitrogens is 1. The summed E-state index contributed by atoms with van der Waals surface area (Å²) in [7, 11) is 1.54. The van der Waals surface area contributed by atoms with Crippen molar-refractivity contribution in [3.8, 4) is 0 Å². The lowest BCUT2D eigenvalue weighted by molar-refractivity contribution is -0.144. The molecule has 2 rings (SSSR count). The average molecular weight is 296 g/mol. The molecular weight excluding hydrogens is 280 g/mol. The summed E-state index contributed by atoms with van der Waals surface area (Å²) in [4.78, 5) is 35.6. The van der Waals surface area contributed by atoms with Crippen LogP contribution >= 0.6 is 11.8 Å². The van der Waals surface area contributed by atoms with Crippen molar-refractivity contribution in [3.05, 3.63) is 34.2 Å². The molecule has 1 aliphatic heterocycles. The number of aryl methyl sites for hydroxylation is 1. The van der Waals surface area contributed by atoms with E-state index >= 15 is 0 Å². The van der Waals surface area contributed by atoms with Crippen molar-refractivity contribution in [2.45, 2.75) is 18.4 Å². The molecule has 7 heteroatoms. The van der Waals surface area contributed by atoms with Gasteiger partial charge in [0.25, 0.3) is 11.5 Å². The van der Waals surface area contributed by atoms with Crippen LogP contribution in [0.2, 0.25) is 0 Å². The fourth-order valence-corrected chi connectivity index (χ4v) is 3.36. The first-order valence-corrected chi connectivity index (χ1v) is 7.41. The molecule has 6 nitrogen and oxygen atoms in total. The van der Waals surface area contributed by atoms with Gasteiger partial charge in [-0.1, -0.05) is 0 Å². The zero-order chi connectivity index (χ0) is 14.8. The SMILES string of the molecule is Cn1cccc(C(=O)NC2(C(=O)O)CCSCC2)c1=O. The second kappa shape index (κ2) is 5.70. The Morgan fingerprint density at radius 3 is 2.65 bits per heavy atom. The normalized spacial score (nSPS) is 17.4. The third-order valence-electron chi connectivity index (χ3n) is 3.48. The summed E-state index contributed by atoms with van der Waals surface area (Å²) >= 11 is 1.66. The molecule has 1 saturated heterocycles. The number of nitrogens with zero attached hydrogens (tertiary/aromatic N) is 1. The van der Waals surface area contributed by atoms with Gasteiger partial charge in [-0.2, -0.15) is 11.8 Å². The predicted octanol–water partition coefficient (Wildman–Crippen LogP) is 0.465. The van der Waals surface area contributed by atoms with E-state index < -0.39 is 23.0 Å². The van der Waals surface area contributed by atoms with Crippen LogP contribution in [0.3, 0.4) is 0 Å². The van der Waals surface area contributed by atoms with E-state index in [9.17, 15) is 19.5 Å². The largest absolute Gasteiger partial charge is 0.480 e. The Kier molecular flexibility index (Phi) is 4.17. The second-order valence-corrected chi connectivity index (χ2v) is 6.02. The van der Waals surface area contributed by atoms with Gasteiger partial charge in [-0.25, -0.2) is 4.79 Å². The summed E-state index contributed by atoms with van der Waals surface area (Å²) in [5, 5.41) is 12.0. The van der Waals surface area contributed by atoms with Crippen LogP contribution in [0.1, 0.15) is 23.2 Å². The molecule has 1 aromatic heterocycles. The Hall–Kier alpha value is -1.76. The lowest BCUT2D eigenvalue weighted by atomic mass is 9.92. The van der Waals surface area contributed by atoms with Crippen LogP contribution in [0.4, 0.5) is 0 Å². The zero-order valence-corrected chi connectivity index (χ0v) is 11.9. The highest BCUT2D eigenvalue weighted by Crippen LogP contribution is 2.27. The Labute approximate surface area is 120 Å². The van der Waals surface area contributed by atoms with Crippen molar-refractivity contribution in [2.24, 2.45) is 7.05 Å². The molecule has 20 heavy (non-hydrogen) atoms. The van der Waals surface area contributed by atoms with Crippen molar-refractivity contribution in [1.82, 2.24) is 9.88 Å². The van der Waals surface area contributed by atoms with E-state index in [1.807, 2.05) is 0 Å². The molecule has 0 spiro atoms. The number of nitrogens with one attached hydrogen (secondary N) is 1. The van der Waals surface area contributed by atoms with E-state index in [1.165, 1.54) is 10.6 Å². The third-order valence-corrected chi connectivity index (χ3v) is 4.46. The molecule has 0 radical (unpaired) electrons.